The molecule has 2 aliphatic heterocycles. The van der Waals surface area contributed by atoms with Crippen LogP contribution in [0, 0.1) is 6.92 Å². The van der Waals surface area contributed by atoms with E-state index in [1.54, 1.807) is 0 Å². The summed E-state index contributed by atoms with van der Waals surface area (Å²) in [5.74, 6) is 1.03. The lowest BCUT2D eigenvalue weighted by Crippen LogP contribution is -2.36. The van der Waals surface area contributed by atoms with Crippen LogP contribution in [0.15, 0.2) is 36.5 Å². The highest BCUT2D eigenvalue weighted by Gasteiger charge is 2.24. The first-order valence-electron chi connectivity index (χ1n) is 7.72. The number of aryl methyl sites for hydroxylation is 1. The Kier molecular flexibility index (Phi) is 3.44. The van der Waals surface area contributed by atoms with Crippen molar-refractivity contribution in [3.05, 3.63) is 53.2 Å². The number of nitrogens with one attached hydrogen (secondary N) is 2. The fourth-order valence-electron chi connectivity index (χ4n) is 3.10. The predicted molar refractivity (Wildman–Crippen MR) is 87.0 cm³/mol. The van der Waals surface area contributed by atoms with Gasteiger partial charge in [-0.25, -0.2) is 10.4 Å². The maximum atomic E-state index is 5.42. The Hall–Kier alpha value is -2.11. The highest BCUT2D eigenvalue weighted by molar-refractivity contribution is 5.60. The van der Waals surface area contributed by atoms with Gasteiger partial charge >= 0.3 is 0 Å². The molecule has 2 N–H and O–H groups in total. The average Bonchev–Trinajstić information content (AvgIpc) is 2.99. The van der Waals surface area contributed by atoms with Gasteiger partial charge in [0.2, 0.25) is 0 Å². The van der Waals surface area contributed by atoms with Crippen molar-refractivity contribution in [3.8, 4) is 0 Å². The number of hydrogen-bond acceptors (Lipinski definition) is 5. The topological polar surface area (TPSA) is 49.4 Å². The average molecular weight is 296 g/mol. The highest BCUT2D eigenvalue weighted by Crippen LogP contribution is 2.34. The zero-order valence-corrected chi connectivity index (χ0v) is 12.7. The van der Waals surface area contributed by atoms with Gasteiger partial charge in [-0.1, -0.05) is 12.1 Å². The van der Waals surface area contributed by atoms with E-state index >= 15 is 0 Å². The first kappa shape index (κ1) is 13.5. The second-order valence-electron chi connectivity index (χ2n) is 5.84. The van der Waals surface area contributed by atoms with Crippen molar-refractivity contribution >= 4 is 11.5 Å². The minimum absolute atomic E-state index is 0.165. The third kappa shape index (κ3) is 2.42. The van der Waals surface area contributed by atoms with Crippen molar-refractivity contribution in [1.82, 2.24) is 10.4 Å². The minimum atomic E-state index is 0.165. The summed E-state index contributed by atoms with van der Waals surface area (Å²) in [5.41, 5.74) is 11.6. The molecule has 2 aromatic rings. The van der Waals surface area contributed by atoms with E-state index < -0.39 is 0 Å². The van der Waals surface area contributed by atoms with E-state index in [9.17, 15) is 0 Å². The summed E-state index contributed by atoms with van der Waals surface area (Å²) in [6.45, 7) is 5.47. The Morgan fingerprint density at radius 3 is 2.91 bits per heavy atom. The minimum Gasteiger partial charge on any atom is -0.378 e. The second kappa shape index (κ2) is 5.59. The van der Waals surface area contributed by atoms with Crippen LogP contribution in [-0.4, -0.2) is 31.3 Å². The summed E-state index contributed by atoms with van der Waals surface area (Å²) in [4.78, 5) is 6.81. The molecule has 0 saturated carbocycles. The van der Waals surface area contributed by atoms with Gasteiger partial charge in [0.05, 0.1) is 24.9 Å². The first-order chi connectivity index (χ1) is 10.8. The number of morpholine rings is 1. The number of fused-ring (bicyclic) bond motifs is 1. The molecule has 5 nitrogen and oxygen atoms in total. The molecule has 1 aromatic heterocycles. The maximum Gasteiger partial charge on any atom is 0.128 e. The maximum absolute atomic E-state index is 5.42. The third-order valence-electron chi connectivity index (χ3n) is 4.31. The number of benzene rings is 1. The van der Waals surface area contributed by atoms with Gasteiger partial charge in [0, 0.05) is 19.3 Å². The van der Waals surface area contributed by atoms with E-state index in [0.29, 0.717) is 0 Å². The molecule has 114 valence electrons. The van der Waals surface area contributed by atoms with Crippen molar-refractivity contribution in [2.45, 2.75) is 13.0 Å². The van der Waals surface area contributed by atoms with E-state index in [-0.39, 0.29) is 6.04 Å². The molecule has 1 fully saturated rings. The summed E-state index contributed by atoms with van der Waals surface area (Å²) < 4.78 is 5.42. The highest BCUT2D eigenvalue weighted by atomic mass is 16.5. The molecule has 0 bridgehead atoms. The Bertz CT molecular complexity index is 682. The number of aromatic nitrogens is 1. The number of hydrazine groups is 1. The lowest BCUT2D eigenvalue weighted by molar-refractivity contribution is 0.122. The van der Waals surface area contributed by atoms with Crippen molar-refractivity contribution in [2.75, 3.05) is 36.6 Å². The first-order valence-corrected chi connectivity index (χ1v) is 7.72. The standard InChI is InChI=1S/C17H20N4O/c1-12-2-3-14-15(10-12)19-20-17(14)13-4-5-18-16(11-13)21-6-8-22-9-7-21/h2-5,10-11,17,19-20H,6-9H2,1H3. The van der Waals surface area contributed by atoms with Gasteiger partial charge in [-0.15, -0.1) is 0 Å². The smallest absolute Gasteiger partial charge is 0.128 e. The summed E-state index contributed by atoms with van der Waals surface area (Å²) in [6.07, 6.45) is 1.90. The summed E-state index contributed by atoms with van der Waals surface area (Å²) in [6, 6.07) is 10.9. The van der Waals surface area contributed by atoms with Crippen molar-refractivity contribution in [1.29, 1.82) is 0 Å². The van der Waals surface area contributed by atoms with E-state index in [1.807, 2.05) is 6.20 Å². The predicted octanol–water partition coefficient (Wildman–Crippen LogP) is 2.25. The molecule has 3 heterocycles. The van der Waals surface area contributed by atoms with Gasteiger partial charge in [0.1, 0.15) is 5.82 Å². The number of rotatable bonds is 2. The summed E-state index contributed by atoms with van der Waals surface area (Å²) >= 11 is 0. The zero-order chi connectivity index (χ0) is 14.9. The molecular weight excluding hydrogens is 276 g/mol. The van der Waals surface area contributed by atoms with Crippen LogP contribution >= 0.6 is 0 Å². The number of pyridine rings is 1. The van der Waals surface area contributed by atoms with Gasteiger partial charge in [0.25, 0.3) is 0 Å². The van der Waals surface area contributed by atoms with Crippen LogP contribution in [0.3, 0.4) is 0 Å². The molecular formula is C17H20N4O. The quantitative estimate of drug-likeness (QED) is 0.890. The second-order valence-corrected chi connectivity index (χ2v) is 5.84. The number of nitrogens with zero attached hydrogens (tertiary/aromatic N) is 2. The normalized spacial score (nSPS) is 20.6. The van der Waals surface area contributed by atoms with Gasteiger partial charge in [-0.2, -0.15) is 0 Å². The van der Waals surface area contributed by atoms with E-state index in [2.05, 4.69) is 58.0 Å². The lowest BCUT2D eigenvalue weighted by atomic mass is 9.99. The molecule has 0 radical (unpaired) electrons. The van der Waals surface area contributed by atoms with E-state index in [0.717, 1.165) is 37.8 Å². The summed E-state index contributed by atoms with van der Waals surface area (Å²) in [7, 11) is 0. The van der Waals surface area contributed by atoms with Gasteiger partial charge in [-0.05, 0) is 41.8 Å². The number of ether oxygens (including phenoxy) is 1. The van der Waals surface area contributed by atoms with Crippen molar-refractivity contribution < 1.29 is 4.74 Å². The van der Waals surface area contributed by atoms with Gasteiger partial charge in [0.15, 0.2) is 0 Å². The van der Waals surface area contributed by atoms with Gasteiger partial charge < -0.3 is 15.1 Å². The van der Waals surface area contributed by atoms with Crippen LogP contribution in [0.25, 0.3) is 0 Å². The Morgan fingerprint density at radius 1 is 1.18 bits per heavy atom. The third-order valence-corrected chi connectivity index (χ3v) is 4.31. The lowest BCUT2D eigenvalue weighted by Gasteiger charge is -2.28. The summed E-state index contributed by atoms with van der Waals surface area (Å²) in [5, 5.41) is 0. The largest absolute Gasteiger partial charge is 0.378 e. The molecule has 0 amide bonds. The number of anilines is 2. The van der Waals surface area contributed by atoms with Crippen LogP contribution in [-0.2, 0) is 4.74 Å². The Labute approximate surface area is 130 Å². The van der Waals surface area contributed by atoms with E-state index in [4.69, 9.17) is 4.74 Å². The fourth-order valence-corrected chi connectivity index (χ4v) is 3.10. The van der Waals surface area contributed by atoms with Crippen molar-refractivity contribution in [3.63, 3.8) is 0 Å². The molecule has 1 aromatic carbocycles. The molecule has 22 heavy (non-hydrogen) atoms. The molecule has 1 saturated heterocycles. The Balaban J connectivity index is 1.64. The molecule has 1 unspecified atom stereocenters. The molecule has 0 aliphatic carbocycles. The van der Waals surface area contributed by atoms with Crippen LogP contribution in [0.4, 0.5) is 11.5 Å². The van der Waals surface area contributed by atoms with Crippen LogP contribution in [0.5, 0.6) is 0 Å². The Morgan fingerprint density at radius 2 is 2.05 bits per heavy atom. The molecule has 5 heteroatoms. The van der Waals surface area contributed by atoms with Crippen LogP contribution < -0.4 is 15.8 Å². The fraction of sp³-hybridized carbons (Fsp3) is 0.353. The van der Waals surface area contributed by atoms with E-state index in [1.165, 1.54) is 16.7 Å². The monoisotopic (exact) mass is 296 g/mol. The molecule has 1 atom stereocenters. The zero-order valence-electron chi connectivity index (χ0n) is 12.7. The number of hydrogen-bond donors (Lipinski definition) is 2. The molecule has 0 spiro atoms. The van der Waals surface area contributed by atoms with Crippen molar-refractivity contribution in [2.24, 2.45) is 0 Å². The van der Waals surface area contributed by atoms with Crippen LogP contribution in [0.2, 0.25) is 0 Å². The molecule has 2 aliphatic rings. The SMILES string of the molecule is Cc1ccc2c(c1)NNC2c1ccnc(N2CCOCC2)c1. The molecule has 4 rings (SSSR count). The van der Waals surface area contributed by atoms with Crippen LogP contribution in [0.1, 0.15) is 22.7 Å². The van der Waals surface area contributed by atoms with Gasteiger partial charge in [-0.3, -0.25) is 0 Å².